The molecule has 18 heavy (non-hydrogen) atoms. The number of aliphatic hydroxyl groups is 1. The van der Waals surface area contributed by atoms with Crippen LogP contribution in [-0.2, 0) is 6.54 Å². The molecule has 0 amide bonds. The van der Waals surface area contributed by atoms with Crippen LogP contribution in [0, 0.1) is 10.2 Å². The number of nitrogens with one attached hydrogen (secondary N) is 1. The van der Waals surface area contributed by atoms with E-state index in [0.29, 0.717) is 0 Å². The molecule has 1 atom stereocenters. The molecule has 0 aromatic carbocycles. The van der Waals surface area contributed by atoms with E-state index in [9.17, 15) is 9.50 Å². The van der Waals surface area contributed by atoms with E-state index in [4.69, 9.17) is 35.4 Å². The number of aromatic amines is 1. The summed E-state index contributed by atoms with van der Waals surface area (Å²) in [6.07, 6.45) is 1.38. The molecule has 1 aromatic heterocycles. The van der Waals surface area contributed by atoms with Gasteiger partial charge in [-0.2, -0.15) is 0 Å². The van der Waals surface area contributed by atoms with Gasteiger partial charge in [-0.25, -0.2) is 4.98 Å². The largest absolute Gasteiger partial charge is 0.382 e. The molecule has 0 aliphatic heterocycles. The summed E-state index contributed by atoms with van der Waals surface area (Å²) in [5.74, 6) is 0. The van der Waals surface area contributed by atoms with E-state index in [1.807, 2.05) is 0 Å². The van der Waals surface area contributed by atoms with Crippen molar-refractivity contribution in [2.75, 3.05) is 6.67 Å². The molecule has 0 fully saturated rings. The standard InChI is InChI=1S/C10H14Cl2FN3OS/c1-9(2,4-13)10(17,7(12)3-11)5-16-8(18)14-6-15-16/h3,6,17H,4-5H2,1-2H3,(H,14,15,18)/b7-3-. The lowest BCUT2D eigenvalue weighted by atomic mass is 9.75. The molecule has 1 heterocycles. The van der Waals surface area contributed by atoms with Crippen molar-refractivity contribution in [3.05, 3.63) is 21.7 Å². The monoisotopic (exact) mass is 313 g/mol. The number of rotatable bonds is 5. The van der Waals surface area contributed by atoms with Crippen molar-refractivity contribution < 1.29 is 9.50 Å². The topological polar surface area (TPSA) is 53.8 Å². The van der Waals surface area contributed by atoms with Gasteiger partial charge in [-0.3, -0.25) is 14.2 Å². The van der Waals surface area contributed by atoms with Crippen molar-refractivity contribution in [3.8, 4) is 0 Å². The van der Waals surface area contributed by atoms with Gasteiger partial charge >= 0.3 is 0 Å². The third-order valence-electron chi connectivity index (χ3n) is 2.95. The second kappa shape index (κ2) is 5.69. The minimum atomic E-state index is -1.68. The van der Waals surface area contributed by atoms with Crippen LogP contribution in [0.25, 0.3) is 0 Å². The molecule has 1 unspecified atom stereocenters. The molecule has 0 aliphatic carbocycles. The van der Waals surface area contributed by atoms with Crippen molar-refractivity contribution in [1.29, 1.82) is 0 Å². The normalized spacial score (nSPS) is 16.7. The summed E-state index contributed by atoms with van der Waals surface area (Å²) in [5.41, 5.74) is -1.79. The van der Waals surface area contributed by atoms with Gasteiger partial charge in [0.2, 0.25) is 4.77 Å². The molecule has 0 radical (unpaired) electrons. The van der Waals surface area contributed by atoms with Gasteiger partial charge in [0, 0.05) is 11.0 Å². The summed E-state index contributed by atoms with van der Waals surface area (Å²) in [6, 6.07) is 0. The Labute approximate surface area is 119 Å². The van der Waals surface area contributed by atoms with E-state index >= 15 is 0 Å². The van der Waals surface area contributed by atoms with E-state index in [-0.39, 0.29) is 16.3 Å². The fraction of sp³-hybridized carbons (Fsp3) is 0.600. The molecular formula is C10H14Cl2FN3OS. The fourth-order valence-electron chi connectivity index (χ4n) is 1.43. The summed E-state index contributed by atoms with van der Waals surface area (Å²) >= 11 is 16.4. The maximum atomic E-state index is 13.1. The molecule has 0 aliphatic rings. The first kappa shape index (κ1) is 15.6. The molecule has 0 saturated carbocycles. The maximum absolute atomic E-state index is 13.1. The molecular weight excluding hydrogens is 300 g/mol. The van der Waals surface area contributed by atoms with E-state index in [2.05, 4.69) is 10.1 Å². The van der Waals surface area contributed by atoms with Gasteiger partial charge < -0.3 is 5.11 Å². The summed E-state index contributed by atoms with van der Waals surface area (Å²) in [6.45, 7) is 2.27. The maximum Gasteiger partial charge on any atom is 0.215 e. The zero-order chi connectivity index (χ0) is 14.0. The third kappa shape index (κ3) is 2.77. The number of halogens is 3. The molecule has 4 nitrogen and oxygen atoms in total. The highest BCUT2D eigenvalue weighted by Gasteiger charge is 2.47. The molecule has 0 spiro atoms. The average Bonchev–Trinajstić information content (AvgIpc) is 2.73. The van der Waals surface area contributed by atoms with Crippen LogP contribution in [0.2, 0.25) is 0 Å². The number of H-pyrrole nitrogens is 1. The Kier molecular flexibility index (Phi) is 4.94. The quantitative estimate of drug-likeness (QED) is 0.822. The van der Waals surface area contributed by atoms with Crippen LogP contribution < -0.4 is 0 Å². The number of aromatic nitrogens is 3. The van der Waals surface area contributed by atoms with Crippen molar-refractivity contribution in [2.45, 2.75) is 26.0 Å². The van der Waals surface area contributed by atoms with Gasteiger partial charge in [0.25, 0.3) is 0 Å². The summed E-state index contributed by atoms with van der Waals surface area (Å²) in [7, 11) is 0. The Morgan fingerprint density at radius 1 is 1.72 bits per heavy atom. The van der Waals surface area contributed by atoms with Crippen LogP contribution in [0.1, 0.15) is 13.8 Å². The Balaban J connectivity index is 3.23. The zero-order valence-corrected chi connectivity index (χ0v) is 12.3. The Bertz CT molecular complexity index is 499. The van der Waals surface area contributed by atoms with Crippen LogP contribution in [0.15, 0.2) is 16.9 Å². The lowest BCUT2D eigenvalue weighted by Gasteiger charge is -2.40. The van der Waals surface area contributed by atoms with Crippen molar-refractivity contribution in [2.24, 2.45) is 5.41 Å². The van der Waals surface area contributed by atoms with E-state index < -0.39 is 17.7 Å². The summed E-state index contributed by atoms with van der Waals surface area (Å²) in [4.78, 5) is 3.82. The first-order valence-corrected chi connectivity index (χ1v) is 6.35. The minimum Gasteiger partial charge on any atom is -0.382 e. The number of alkyl halides is 1. The van der Waals surface area contributed by atoms with Gasteiger partial charge in [-0.05, 0) is 12.2 Å². The van der Waals surface area contributed by atoms with Gasteiger partial charge in [0.1, 0.15) is 11.9 Å². The summed E-state index contributed by atoms with van der Waals surface area (Å²) < 4.78 is 14.8. The molecule has 1 aromatic rings. The highest BCUT2D eigenvalue weighted by Crippen LogP contribution is 2.40. The average molecular weight is 314 g/mol. The van der Waals surface area contributed by atoms with Gasteiger partial charge in [-0.1, -0.05) is 37.0 Å². The van der Waals surface area contributed by atoms with E-state index in [0.717, 1.165) is 5.54 Å². The van der Waals surface area contributed by atoms with Crippen molar-refractivity contribution in [1.82, 2.24) is 14.8 Å². The first-order chi connectivity index (χ1) is 8.28. The number of nitrogens with zero attached hydrogens (tertiary/aromatic N) is 2. The fourth-order valence-corrected chi connectivity index (χ4v) is 2.10. The highest BCUT2D eigenvalue weighted by molar-refractivity contribution is 7.71. The first-order valence-electron chi connectivity index (χ1n) is 5.13. The lowest BCUT2D eigenvalue weighted by molar-refractivity contribution is -0.0557. The third-order valence-corrected chi connectivity index (χ3v) is 4.03. The highest BCUT2D eigenvalue weighted by atomic mass is 35.5. The second-order valence-corrected chi connectivity index (χ2v) is 5.58. The second-order valence-electron chi connectivity index (χ2n) is 4.59. The molecule has 0 saturated heterocycles. The number of hydrogen-bond acceptors (Lipinski definition) is 3. The predicted octanol–water partition coefficient (Wildman–Crippen LogP) is 2.99. The molecule has 8 heteroatoms. The number of hydrogen-bond donors (Lipinski definition) is 2. The van der Waals surface area contributed by atoms with Crippen LogP contribution in [0.4, 0.5) is 4.39 Å². The Morgan fingerprint density at radius 3 is 2.72 bits per heavy atom. The SMILES string of the molecule is CC(C)(CF)C(O)(Cn1[nH]cnc1=S)/C(Cl)=C/Cl. The van der Waals surface area contributed by atoms with Crippen molar-refractivity contribution in [3.63, 3.8) is 0 Å². The van der Waals surface area contributed by atoms with Gasteiger partial charge in [-0.15, -0.1) is 0 Å². The van der Waals surface area contributed by atoms with Crippen LogP contribution in [0.3, 0.4) is 0 Å². The summed E-state index contributed by atoms with van der Waals surface area (Å²) in [5, 5.41) is 13.3. The van der Waals surface area contributed by atoms with E-state index in [1.54, 1.807) is 13.8 Å². The minimum absolute atomic E-state index is 0.0525. The Hall–Kier alpha value is -0.430. The molecule has 102 valence electrons. The molecule has 1 rings (SSSR count). The molecule has 2 N–H and O–H groups in total. The van der Waals surface area contributed by atoms with E-state index in [1.165, 1.54) is 11.0 Å². The van der Waals surface area contributed by atoms with Crippen LogP contribution in [0.5, 0.6) is 0 Å². The zero-order valence-electron chi connectivity index (χ0n) is 9.95. The van der Waals surface area contributed by atoms with Crippen LogP contribution in [-0.4, -0.2) is 32.1 Å². The predicted molar refractivity (Wildman–Crippen MR) is 71.9 cm³/mol. The Morgan fingerprint density at radius 2 is 2.33 bits per heavy atom. The smallest absolute Gasteiger partial charge is 0.215 e. The van der Waals surface area contributed by atoms with Gasteiger partial charge in [0.15, 0.2) is 0 Å². The molecule has 0 bridgehead atoms. The van der Waals surface area contributed by atoms with Crippen LogP contribution >= 0.6 is 35.4 Å². The van der Waals surface area contributed by atoms with Gasteiger partial charge in [0.05, 0.1) is 18.3 Å². The van der Waals surface area contributed by atoms with Crippen molar-refractivity contribution >= 4 is 35.4 Å². The lowest BCUT2D eigenvalue weighted by Crippen LogP contribution is -2.50.